The Hall–Kier alpha value is -5.60. The van der Waals surface area contributed by atoms with Crippen molar-refractivity contribution in [1.82, 2.24) is 0 Å². The summed E-state index contributed by atoms with van der Waals surface area (Å²) in [5.41, 5.74) is 0. The Kier molecular flexibility index (Phi) is 26.0. The first-order valence-electron chi connectivity index (χ1n) is 18.5. The van der Waals surface area contributed by atoms with Crippen LogP contribution in [0.3, 0.4) is 0 Å². The lowest BCUT2D eigenvalue weighted by Crippen LogP contribution is -2.35. The van der Waals surface area contributed by atoms with E-state index in [1.165, 1.54) is 55.4 Å². The lowest BCUT2D eigenvalue weighted by molar-refractivity contribution is -0.173. The quantitative estimate of drug-likeness (QED) is 0.0556. The van der Waals surface area contributed by atoms with Gasteiger partial charge in [-0.25, -0.2) is 0 Å². The van der Waals surface area contributed by atoms with Gasteiger partial charge in [0.1, 0.15) is 86.4 Å². The summed E-state index contributed by atoms with van der Waals surface area (Å²) in [6.07, 6.45) is -10.7. The fraction of sp³-hybridized carbons (Fsp3) is 0.684. The van der Waals surface area contributed by atoms with E-state index in [9.17, 15) is 57.5 Å². The van der Waals surface area contributed by atoms with Crippen LogP contribution in [0.15, 0.2) is 0 Å². The van der Waals surface area contributed by atoms with E-state index in [1.807, 2.05) is 0 Å². The average molecular weight is 847 g/mol. The zero-order chi connectivity index (χ0) is 45.2. The topological polar surface area (TPSA) is 288 Å². The maximum absolute atomic E-state index is 12.8. The fourth-order valence-electron chi connectivity index (χ4n) is 4.50. The second-order valence-corrected chi connectivity index (χ2v) is 13.7. The molecule has 0 saturated carbocycles. The van der Waals surface area contributed by atoms with E-state index in [0.29, 0.717) is 0 Å². The summed E-state index contributed by atoms with van der Waals surface area (Å²) in [4.78, 5) is 143. The first kappa shape index (κ1) is 53.4. The van der Waals surface area contributed by atoms with Crippen molar-refractivity contribution in [1.29, 1.82) is 0 Å². The average Bonchev–Trinajstić information content (AvgIpc) is 3.03. The summed E-state index contributed by atoms with van der Waals surface area (Å²) in [6.45, 7) is 7.87. The van der Waals surface area contributed by atoms with E-state index < -0.39 is 185 Å². The normalized spacial score (nSPS) is 13.7. The lowest BCUT2D eigenvalue weighted by Gasteiger charge is -2.23. The molecular weight excluding hydrogens is 792 g/mol. The molecule has 0 fully saturated rings. The Bertz CT molecular complexity index is 1410. The molecule has 0 aliphatic carbocycles. The number of rotatable bonds is 30. The van der Waals surface area contributed by atoms with Crippen LogP contribution in [-0.2, 0) is 100 Å². The van der Waals surface area contributed by atoms with Crippen molar-refractivity contribution in [2.24, 2.45) is 0 Å². The van der Waals surface area contributed by atoms with E-state index in [2.05, 4.69) is 0 Å². The van der Waals surface area contributed by atoms with Crippen LogP contribution in [0.2, 0.25) is 0 Å². The van der Waals surface area contributed by atoms with Gasteiger partial charge in [-0.3, -0.25) is 57.5 Å². The molecule has 0 aromatic carbocycles. The third kappa shape index (κ3) is 30.2. The smallest absolute Gasteiger partial charge is 0.313 e. The number of carbonyl (C=O) groups is 12. The number of ether oxygens (including phenoxy) is 9. The van der Waals surface area contributed by atoms with E-state index in [4.69, 9.17) is 42.6 Å². The molecule has 0 radical (unpaired) electrons. The Morgan fingerprint density at radius 2 is 0.559 bits per heavy atom. The predicted octanol–water partition coefficient (Wildman–Crippen LogP) is 1.12. The number of ketones is 4. The molecule has 0 saturated heterocycles. The molecule has 21 nitrogen and oxygen atoms in total. The van der Waals surface area contributed by atoms with Crippen molar-refractivity contribution in [2.45, 2.75) is 143 Å². The highest BCUT2D eigenvalue weighted by Gasteiger charge is 2.26. The van der Waals surface area contributed by atoms with Gasteiger partial charge in [-0.05, 0) is 55.4 Å². The molecule has 0 aromatic rings. The molecule has 0 aliphatic heterocycles. The molecule has 0 N–H and O–H groups in total. The van der Waals surface area contributed by atoms with E-state index in [0.717, 1.165) is 0 Å². The van der Waals surface area contributed by atoms with Gasteiger partial charge in [0.25, 0.3) is 0 Å². The minimum absolute atomic E-state index is 0.450. The number of hydrogen-bond acceptors (Lipinski definition) is 21. The fourth-order valence-corrected chi connectivity index (χ4v) is 4.50. The number of hydrogen-bond donors (Lipinski definition) is 0. The SMILES string of the molecule is CC(=O)CC(=O)OC(C)CC(=O)OCC(COCC(COC(=O)CC(C)OC(=O)CC(C)=O)OC(=O)CC(C)OC(=O)CC(C)=O)OC(=O)CC(C)OC(=O)CC(C)=O. The van der Waals surface area contributed by atoms with Gasteiger partial charge in [-0.2, -0.15) is 0 Å². The zero-order valence-electron chi connectivity index (χ0n) is 34.5. The van der Waals surface area contributed by atoms with Gasteiger partial charge in [0.05, 0.1) is 38.9 Å². The summed E-state index contributed by atoms with van der Waals surface area (Å²) in [7, 11) is 0. The molecule has 0 aromatic heterocycles. The summed E-state index contributed by atoms with van der Waals surface area (Å²) in [6, 6.07) is 0. The second-order valence-electron chi connectivity index (χ2n) is 13.7. The Morgan fingerprint density at radius 1 is 0.322 bits per heavy atom. The lowest BCUT2D eigenvalue weighted by atomic mass is 10.2. The van der Waals surface area contributed by atoms with Crippen molar-refractivity contribution >= 4 is 70.9 Å². The molecule has 6 unspecified atom stereocenters. The molecule has 59 heavy (non-hydrogen) atoms. The number of carbonyl (C=O) groups excluding carboxylic acids is 12. The molecular formula is C38H54O21. The third-order valence-electron chi connectivity index (χ3n) is 6.78. The number of Topliss-reactive ketones (excluding diaryl/α,β-unsaturated/α-hetero) is 4. The first-order chi connectivity index (χ1) is 27.4. The van der Waals surface area contributed by atoms with Crippen molar-refractivity contribution in [2.75, 3.05) is 26.4 Å². The molecule has 0 rings (SSSR count). The molecule has 0 aliphatic rings. The van der Waals surface area contributed by atoms with Crippen LogP contribution in [-0.4, -0.2) is 134 Å². The summed E-state index contributed by atoms with van der Waals surface area (Å²) in [5.74, 6) is -9.01. The molecule has 0 bridgehead atoms. The standard InChI is InChI=1S/C38H54O21/c1-21(39)9-33(45)54-25(5)13-31(43)52-19-29(58-37(49)15-27(7)56-35(47)11-23(3)41)17-51-18-30(59-38(50)16-28(8)57-36(48)12-24(4)42)20-53-32(44)14-26(6)55-34(46)10-22(2)40/h25-30H,9-20H2,1-8H3. The predicted molar refractivity (Wildman–Crippen MR) is 194 cm³/mol. The number of esters is 8. The molecule has 0 heterocycles. The van der Waals surface area contributed by atoms with E-state index in [-0.39, 0.29) is 0 Å². The van der Waals surface area contributed by atoms with Crippen molar-refractivity contribution in [3.05, 3.63) is 0 Å². The van der Waals surface area contributed by atoms with Crippen molar-refractivity contribution in [3.8, 4) is 0 Å². The van der Waals surface area contributed by atoms with Crippen molar-refractivity contribution in [3.63, 3.8) is 0 Å². The molecule has 0 amide bonds. The van der Waals surface area contributed by atoms with Gasteiger partial charge in [0, 0.05) is 0 Å². The minimum atomic E-state index is -1.35. The monoisotopic (exact) mass is 846 g/mol. The van der Waals surface area contributed by atoms with Gasteiger partial charge in [0.2, 0.25) is 0 Å². The Labute approximate surface area is 340 Å². The molecule has 21 heteroatoms. The van der Waals surface area contributed by atoms with Crippen molar-refractivity contribution < 1.29 is 100 Å². The zero-order valence-corrected chi connectivity index (χ0v) is 34.5. The maximum atomic E-state index is 12.8. The van der Waals surface area contributed by atoms with Crippen LogP contribution in [0.1, 0.15) is 107 Å². The van der Waals surface area contributed by atoms with Gasteiger partial charge < -0.3 is 42.6 Å². The van der Waals surface area contributed by atoms with Crippen LogP contribution >= 0.6 is 0 Å². The molecule has 6 atom stereocenters. The largest absolute Gasteiger partial charge is 0.462 e. The highest BCUT2D eigenvalue weighted by atomic mass is 16.6. The van der Waals surface area contributed by atoms with Crippen LogP contribution < -0.4 is 0 Å². The highest BCUT2D eigenvalue weighted by Crippen LogP contribution is 2.11. The van der Waals surface area contributed by atoms with E-state index >= 15 is 0 Å². The van der Waals surface area contributed by atoms with Gasteiger partial charge >= 0.3 is 47.8 Å². The third-order valence-corrected chi connectivity index (χ3v) is 6.78. The van der Waals surface area contributed by atoms with Gasteiger partial charge in [-0.15, -0.1) is 0 Å². The maximum Gasteiger partial charge on any atom is 0.313 e. The van der Waals surface area contributed by atoms with Crippen LogP contribution in [0.25, 0.3) is 0 Å². The Morgan fingerprint density at radius 3 is 0.797 bits per heavy atom. The second kappa shape index (κ2) is 28.7. The Balaban J connectivity index is 5.84. The van der Waals surface area contributed by atoms with E-state index in [1.54, 1.807) is 0 Å². The van der Waals surface area contributed by atoms with Crippen LogP contribution in [0.5, 0.6) is 0 Å². The molecule has 332 valence electrons. The highest BCUT2D eigenvalue weighted by molar-refractivity contribution is 5.95. The minimum Gasteiger partial charge on any atom is -0.462 e. The summed E-state index contributed by atoms with van der Waals surface area (Å²) < 4.78 is 46.8. The molecule has 0 spiro atoms. The van der Waals surface area contributed by atoms with Crippen LogP contribution in [0.4, 0.5) is 0 Å². The summed E-state index contributed by atoms with van der Waals surface area (Å²) in [5, 5.41) is 0. The first-order valence-corrected chi connectivity index (χ1v) is 18.5. The van der Waals surface area contributed by atoms with Gasteiger partial charge in [0.15, 0.2) is 12.2 Å². The van der Waals surface area contributed by atoms with Crippen LogP contribution in [0, 0.1) is 0 Å². The van der Waals surface area contributed by atoms with Gasteiger partial charge in [-0.1, -0.05) is 0 Å². The summed E-state index contributed by atoms with van der Waals surface area (Å²) >= 11 is 0.